The average Bonchev–Trinajstić information content (AvgIpc) is 3.74. The zero-order valence-electron chi connectivity index (χ0n) is 21.4. The number of carboxylic acids is 1. The largest absolute Gasteiger partial charge is 0.478 e. The van der Waals surface area contributed by atoms with Crippen molar-refractivity contribution in [1.29, 1.82) is 0 Å². The predicted octanol–water partition coefficient (Wildman–Crippen LogP) is 6.35. The van der Waals surface area contributed by atoms with Crippen LogP contribution in [0.2, 0.25) is 0 Å². The Labute approximate surface area is 241 Å². The van der Waals surface area contributed by atoms with Crippen molar-refractivity contribution in [3.8, 4) is 16.6 Å². The number of carbonyl (C=O) groups excluding carboxylic acids is 1. The number of thiazole rings is 1. The number of rotatable bonds is 10. The molecule has 2 N–H and O–H groups in total. The molecule has 1 unspecified atom stereocenters. The molecule has 0 aliphatic heterocycles. The maximum Gasteiger partial charge on any atom is 0.416 e. The summed E-state index contributed by atoms with van der Waals surface area (Å²) >= 11 is 0.965. The van der Waals surface area contributed by atoms with E-state index in [1.165, 1.54) is 54.7 Å². The van der Waals surface area contributed by atoms with E-state index in [-0.39, 0.29) is 32.0 Å². The van der Waals surface area contributed by atoms with Gasteiger partial charge in [0.1, 0.15) is 11.5 Å². The number of ether oxygens (including phenoxy) is 2. The van der Waals surface area contributed by atoms with E-state index in [0.717, 1.165) is 35.6 Å². The van der Waals surface area contributed by atoms with E-state index < -0.39 is 44.8 Å². The van der Waals surface area contributed by atoms with E-state index in [4.69, 9.17) is 14.6 Å². The van der Waals surface area contributed by atoms with Gasteiger partial charge in [-0.05, 0) is 73.5 Å². The number of sulfone groups is 1. The molecule has 1 amide bonds. The van der Waals surface area contributed by atoms with Crippen LogP contribution in [-0.4, -0.2) is 35.6 Å². The lowest BCUT2D eigenvalue weighted by Crippen LogP contribution is -2.25. The predicted molar refractivity (Wildman–Crippen MR) is 146 cm³/mol. The molecule has 0 bridgehead atoms. The summed E-state index contributed by atoms with van der Waals surface area (Å²) < 4.78 is 75.6. The molecule has 1 aromatic heterocycles. The van der Waals surface area contributed by atoms with Crippen molar-refractivity contribution in [1.82, 2.24) is 4.98 Å². The number of benzene rings is 3. The number of amides is 1. The second-order valence-electron chi connectivity index (χ2n) is 9.24. The fraction of sp³-hybridized carbons (Fsp3) is 0.179. The van der Waals surface area contributed by atoms with Crippen molar-refractivity contribution in [2.75, 3.05) is 5.32 Å². The third kappa shape index (κ3) is 6.71. The van der Waals surface area contributed by atoms with Gasteiger partial charge in [0.2, 0.25) is 11.2 Å². The molecule has 1 saturated carbocycles. The van der Waals surface area contributed by atoms with Gasteiger partial charge in [0.05, 0.1) is 27.5 Å². The Balaban J connectivity index is 1.35. The Morgan fingerprint density at radius 3 is 2.14 bits per heavy atom. The molecule has 0 saturated heterocycles. The Kier molecular flexibility index (Phi) is 7.93. The third-order valence-corrected chi connectivity index (χ3v) is 9.25. The SMILES string of the molecule is O=C(O)c1ccc(Oc2cnc(NC(=O)C(Oc3ccc(C(F)(F)F)cc3)c3ccc(S(=O)(=O)C4CC4)cc3)s2)cc1. The van der Waals surface area contributed by atoms with Gasteiger partial charge in [-0.3, -0.25) is 10.1 Å². The zero-order valence-corrected chi connectivity index (χ0v) is 23.0. The number of aromatic nitrogens is 1. The molecule has 1 atom stereocenters. The first kappa shape index (κ1) is 29.1. The van der Waals surface area contributed by atoms with Gasteiger partial charge in [0.15, 0.2) is 15.0 Å². The number of anilines is 1. The van der Waals surface area contributed by atoms with E-state index in [1.807, 2.05) is 0 Å². The summed E-state index contributed by atoms with van der Waals surface area (Å²) in [5.41, 5.74) is -0.552. The van der Waals surface area contributed by atoms with E-state index in [2.05, 4.69) is 10.3 Å². The highest BCUT2D eigenvalue weighted by Crippen LogP contribution is 2.36. The number of hydrogen-bond donors (Lipinski definition) is 2. The van der Waals surface area contributed by atoms with Crippen molar-refractivity contribution in [3.05, 3.63) is 95.7 Å². The van der Waals surface area contributed by atoms with Crippen LogP contribution < -0.4 is 14.8 Å². The molecule has 4 aromatic rings. The lowest BCUT2D eigenvalue weighted by Gasteiger charge is -2.19. The van der Waals surface area contributed by atoms with E-state index in [1.54, 1.807) is 0 Å². The Bertz CT molecular complexity index is 1700. The van der Waals surface area contributed by atoms with Crippen LogP contribution in [0.3, 0.4) is 0 Å². The highest BCUT2D eigenvalue weighted by molar-refractivity contribution is 7.92. The first-order valence-corrected chi connectivity index (χ1v) is 14.7. The van der Waals surface area contributed by atoms with E-state index in [0.29, 0.717) is 18.6 Å². The maximum atomic E-state index is 13.3. The van der Waals surface area contributed by atoms with Crippen LogP contribution in [0.4, 0.5) is 18.3 Å². The summed E-state index contributed by atoms with van der Waals surface area (Å²) in [5, 5.41) is 11.6. The summed E-state index contributed by atoms with van der Waals surface area (Å²) in [6, 6.07) is 15.0. The summed E-state index contributed by atoms with van der Waals surface area (Å²) in [4.78, 5) is 28.6. The number of aromatic carboxylic acids is 1. The second kappa shape index (κ2) is 11.4. The average molecular weight is 619 g/mol. The Morgan fingerprint density at radius 1 is 0.952 bits per heavy atom. The monoisotopic (exact) mass is 618 g/mol. The molecule has 14 heteroatoms. The van der Waals surface area contributed by atoms with Crippen molar-refractivity contribution >= 4 is 38.2 Å². The standard InChI is InChI=1S/C28H21F3N2O7S2/c29-28(30,31)18-5-9-20(10-6-18)40-24(16-3-11-21(12-4-16)42(37,38)22-13-14-22)25(34)33-27-32-15-23(41-27)39-19-7-1-17(2-8-19)26(35)36/h1-12,15,22,24H,13-14H2,(H,35,36)(H,32,33,34). The van der Waals surface area contributed by atoms with Crippen LogP contribution in [0.25, 0.3) is 0 Å². The smallest absolute Gasteiger partial charge is 0.416 e. The minimum atomic E-state index is -4.55. The fourth-order valence-corrected chi connectivity index (χ4v) is 6.20. The van der Waals surface area contributed by atoms with Crippen LogP contribution in [0.15, 0.2) is 83.9 Å². The molecule has 0 radical (unpaired) electrons. The summed E-state index contributed by atoms with van der Waals surface area (Å²) in [7, 11) is -3.48. The van der Waals surface area contributed by atoms with E-state index >= 15 is 0 Å². The van der Waals surface area contributed by atoms with Crippen LogP contribution in [0, 0.1) is 0 Å². The van der Waals surface area contributed by atoms with Crippen LogP contribution in [-0.2, 0) is 20.8 Å². The number of nitrogens with one attached hydrogen (secondary N) is 1. The first-order chi connectivity index (χ1) is 19.9. The summed E-state index contributed by atoms with van der Waals surface area (Å²) in [6.07, 6.45) is -3.43. The van der Waals surface area contributed by atoms with Crippen LogP contribution in [0.1, 0.15) is 40.4 Å². The van der Waals surface area contributed by atoms with Gasteiger partial charge < -0.3 is 14.6 Å². The quantitative estimate of drug-likeness (QED) is 0.210. The molecule has 0 spiro atoms. The number of halogens is 3. The van der Waals surface area contributed by atoms with Gasteiger partial charge >= 0.3 is 12.1 Å². The minimum absolute atomic E-state index is 0.0224. The lowest BCUT2D eigenvalue weighted by molar-refractivity contribution is -0.137. The fourth-order valence-electron chi connectivity index (χ4n) is 3.85. The molecule has 1 fully saturated rings. The van der Waals surface area contributed by atoms with Gasteiger partial charge in [0.25, 0.3) is 5.91 Å². The normalized spacial score (nSPS) is 14.2. The number of nitrogens with zero attached hydrogens (tertiary/aromatic N) is 1. The number of alkyl halides is 3. The molecule has 5 rings (SSSR count). The van der Waals surface area contributed by atoms with Crippen LogP contribution in [0.5, 0.6) is 16.6 Å². The number of carbonyl (C=O) groups is 2. The lowest BCUT2D eigenvalue weighted by atomic mass is 10.1. The zero-order chi connectivity index (χ0) is 30.1. The molecule has 3 aromatic carbocycles. The van der Waals surface area contributed by atoms with Gasteiger partial charge in [-0.1, -0.05) is 23.5 Å². The van der Waals surface area contributed by atoms with Gasteiger partial charge in [-0.15, -0.1) is 0 Å². The van der Waals surface area contributed by atoms with Crippen LogP contribution >= 0.6 is 11.3 Å². The molecule has 1 aliphatic carbocycles. The molecule has 9 nitrogen and oxygen atoms in total. The number of hydrogen-bond acceptors (Lipinski definition) is 8. The maximum absolute atomic E-state index is 13.3. The molecular weight excluding hydrogens is 597 g/mol. The minimum Gasteiger partial charge on any atom is -0.478 e. The van der Waals surface area contributed by atoms with E-state index in [9.17, 15) is 31.2 Å². The topological polar surface area (TPSA) is 132 Å². The molecular formula is C28H21F3N2O7S2. The summed E-state index contributed by atoms with van der Waals surface area (Å²) in [6.45, 7) is 0. The highest BCUT2D eigenvalue weighted by atomic mass is 32.2. The van der Waals surface area contributed by atoms with Gasteiger partial charge in [-0.25, -0.2) is 18.2 Å². The van der Waals surface area contributed by atoms with Crippen molar-refractivity contribution in [3.63, 3.8) is 0 Å². The Morgan fingerprint density at radius 2 is 1.57 bits per heavy atom. The van der Waals surface area contributed by atoms with Crippen molar-refractivity contribution < 1.29 is 45.8 Å². The summed E-state index contributed by atoms with van der Waals surface area (Å²) in [5.74, 6) is -1.49. The third-order valence-electron chi connectivity index (χ3n) is 6.18. The molecule has 1 heterocycles. The molecule has 218 valence electrons. The molecule has 42 heavy (non-hydrogen) atoms. The number of carboxylic acid groups (broad SMARTS) is 1. The highest BCUT2D eigenvalue weighted by Gasteiger charge is 2.37. The molecule has 1 aliphatic rings. The first-order valence-electron chi connectivity index (χ1n) is 12.4. The van der Waals surface area contributed by atoms with Gasteiger partial charge in [0, 0.05) is 5.56 Å². The Hall–Kier alpha value is -4.43. The van der Waals surface area contributed by atoms with Crippen molar-refractivity contribution in [2.45, 2.75) is 35.3 Å². The van der Waals surface area contributed by atoms with Crippen molar-refractivity contribution in [2.24, 2.45) is 0 Å². The second-order valence-corrected chi connectivity index (χ2v) is 12.5. The van der Waals surface area contributed by atoms with Gasteiger partial charge in [-0.2, -0.15) is 13.2 Å².